The highest BCUT2D eigenvalue weighted by atomic mass is 79.9. The van der Waals surface area contributed by atoms with E-state index in [-0.39, 0.29) is 0 Å². The lowest BCUT2D eigenvalue weighted by Gasteiger charge is -2.03. The van der Waals surface area contributed by atoms with Gasteiger partial charge >= 0.3 is 0 Å². The van der Waals surface area contributed by atoms with Crippen LogP contribution in [0.3, 0.4) is 0 Å². The van der Waals surface area contributed by atoms with E-state index in [4.69, 9.17) is 0 Å². The molecule has 0 radical (unpaired) electrons. The summed E-state index contributed by atoms with van der Waals surface area (Å²) in [6.07, 6.45) is 0. The molecule has 0 nitrogen and oxygen atoms in total. The third kappa shape index (κ3) is 2.99. The molecule has 0 heterocycles. The Morgan fingerprint density at radius 1 is 0.824 bits per heavy atom. The molecule has 0 saturated carbocycles. The average molecular weight is 285 g/mol. The van der Waals surface area contributed by atoms with Gasteiger partial charge in [0.2, 0.25) is 0 Å². The molecule has 0 unspecified atom stereocenters. The zero-order chi connectivity index (χ0) is 12.3. The van der Waals surface area contributed by atoms with Gasteiger partial charge in [0.15, 0.2) is 0 Å². The zero-order valence-electron chi connectivity index (χ0n) is 9.92. The molecule has 0 spiro atoms. The van der Waals surface area contributed by atoms with Crippen molar-refractivity contribution in [2.75, 3.05) is 0 Å². The summed E-state index contributed by atoms with van der Waals surface area (Å²) in [7, 11) is 0. The van der Waals surface area contributed by atoms with E-state index in [9.17, 15) is 0 Å². The molecule has 1 heteroatoms. The molecule has 0 saturated heterocycles. The van der Waals surface area contributed by atoms with Crippen LogP contribution in [0.15, 0.2) is 46.9 Å². The van der Waals surface area contributed by atoms with Gasteiger partial charge in [-0.05, 0) is 49.2 Å². The van der Waals surface area contributed by atoms with Crippen LogP contribution in [0.1, 0.15) is 22.3 Å². The topological polar surface area (TPSA) is 0 Å². The number of rotatable bonds is 0. The fourth-order valence-corrected chi connectivity index (χ4v) is 1.91. The Bertz CT molecular complexity index is 563. The fraction of sp³-hybridized carbons (Fsp3) is 0.125. The van der Waals surface area contributed by atoms with Crippen molar-refractivity contribution >= 4 is 15.9 Å². The van der Waals surface area contributed by atoms with Gasteiger partial charge in [-0.1, -0.05) is 46.0 Å². The van der Waals surface area contributed by atoms with E-state index in [0.29, 0.717) is 0 Å². The molecule has 2 rings (SSSR count). The Labute approximate surface area is 111 Å². The second-order valence-electron chi connectivity index (χ2n) is 4.04. The van der Waals surface area contributed by atoms with E-state index in [1.807, 2.05) is 30.3 Å². The molecule has 0 amide bonds. The summed E-state index contributed by atoms with van der Waals surface area (Å²) in [5.41, 5.74) is 4.56. The molecule has 2 aromatic rings. The molecule has 0 aliphatic carbocycles. The van der Waals surface area contributed by atoms with Crippen molar-refractivity contribution in [2.24, 2.45) is 0 Å². The normalized spacial score (nSPS) is 9.59. The van der Waals surface area contributed by atoms with Crippen LogP contribution in [0.5, 0.6) is 0 Å². The van der Waals surface area contributed by atoms with Crippen molar-refractivity contribution in [3.63, 3.8) is 0 Å². The maximum absolute atomic E-state index is 3.56. The highest BCUT2D eigenvalue weighted by Crippen LogP contribution is 2.22. The minimum atomic E-state index is 1.05. The zero-order valence-corrected chi connectivity index (χ0v) is 11.5. The van der Waals surface area contributed by atoms with Crippen molar-refractivity contribution in [3.05, 3.63) is 69.2 Å². The first-order chi connectivity index (χ1) is 8.16. The Hall–Kier alpha value is -1.52. The summed E-state index contributed by atoms with van der Waals surface area (Å²) in [5, 5.41) is 0. The molecule has 0 aliphatic heterocycles. The Morgan fingerprint density at radius 3 is 1.94 bits per heavy atom. The predicted molar refractivity (Wildman–Crippen MR) is 76.0 cm³/mol. The lowest BCUT2D eigenvalue weighted by molar-refractivity contribution is 1.33. The first-order valence-electron chi connectivity index (χ1n) is 5.50. The summed E-state index contributed by atoms with van der Waals surface area (Å²) < 4.78 is 1.17. The lowest BCUT2D eigenvalue weighted by atomic mass is 10.1. The van der Waals surface area contributed by atoms with Gasteiger partial charge in [-0.25, -0.2) is 0 Å². The van der Waals surface area contributed by atoms with Gasteiger partial charge in [0.25, 0.3) is 0 Å². The van der Waals surface area contributed by atoms with Crippen LogP contribution < -0.4 is 0 Å². The number of hydrogen-bond acceptors (Lipinski definition) is 0. The van der Waals surface area contributed by atoms with Gasteiger partial charge in [0.1, 0.15) is 0 Å². The Kier molecular flexibility index (Phi) is 3.66. The van der Waals surface area contributed by atoms with Crippen LogP contribution in [0.2, 0.25) is 0 Å². The molecule has 2 aromatic carbocycles. The van der Waals surface area contributed by atoms with Gasteiger partial charge in [-0.2, -0.15) is 0 Å². The van der Waals surface area contributed by atoms with Gasteiger partial charge in [-0.15, -0.1) is 0 Å². The first-order valence-corrected chi connectivity index (χ1v) is 6.30. The van der Waals surface area contributed by atoms with Crippen LogP contribution in [-0.2, 0) is 0 Å². The number of aryl methyl sites for hydroxylation is 2. The van der Waals surface area contributed by atoms with Gasteiger partial charge in [-0.3, -0.25) is 0 Å². The van der Waals surface area contributed by atoms with E-state index in [1.54, 1.807) is 0 Å². The molecule has 17 heavy (non-hydrogen) atoms. The maximum Gasteiger partial charge on any atom is 0.0255 e. The molecule has 84 valence electrons. The van der Waals surface area contributed by atoms with E-state index in [2.05, 4.69) is 53.8 Å². The lowest BCUT2D eigenvalue weighted by Crippen LogP contribution is -1.85. The van der Waals surface area contributed by atoms with E-state index in [1.165, 1.54) is 15.6 Å². The molecular weight excluding hydrogens is 272 g/mol. The van der Waals surface area contributed by atoms with Crippen LogP contribution in [0, 0.1) is 25.7 Å². The molecule has 0 aliphatic rings. The largest absolute Gasteiger partial charge is 0.0622 e. The second-order valence-corrected chi connectivity index (χ2v) is 4.83. The van der Waals surface area contributed by atoms with Crippen molar-refractivity contribution in [1.82, 2.24) is 0 Å². The van der Waals surface area contributed by atoms with E-state index < -0.39 is 0 Å². The third-order valence-corrected chi connectivity index (χ3v) is 3.81. The summed E-state index contributed by atoms with van der Waals surface area (Å²) in [6, 6.07) is 14.3. The highest BCUT2D eigenvalue weighted by molar-refractivity contribution is 9.10. The van der Waals surface area contributed by atoms with Gasteiger partial charge in [0.05, 0.1) is 0 Å². The van der Waals surface area contributed by atoms with Crippen molar-refractivity contribution in [2.45, 2.75) is 13.8 Å². The Balaban J connectivity index is 2.35. The van der Waals surface area contributed by atoms with Crippen molar-refractivity contribution in [1.29, 1.82) is 0 Å². The first kappa shape index (κ1) is 12.0. The minimum Gasteiger partial charge on any atom is -0.0622 e. The molecule has 0 N–H and O–H groups in total. The molecular formula is C16H13Br. The summed E-state index contributed by atoms with van der Waals surface area (Å²) >= 11 is 3.56. The molecule has 0 fully saturated rings. The average Bonchev–Trinajstić information content (AvgIpc) is 2.34. The quantitative estimate of drug-likeness (QED) is 0.627. The van der Waals surface area contributed by atoms with Crippen molar-refractivity contribution < 1.29 is 0 Å². The van der Waals surface area contributed by atoms with Crippen LogP contribution >= 0.6 is 15.9 Å². The minimum absolute atomic E-state index is 1.05. The summed E-state index contributed by atoms with van der Waals surface area (Å²) in [4.78, 5) is 0. The molecule has 0 aromatic heterocycles. The molecule has 0 atom stereocenters. The highest BCUT2D eigenvalue weighted by Gasteiger charge is 1.99. The standard InChI is InChI=1S/C16H13Br/c1-12-10-15(11-13(2)16(12)17)9-8-14-6-4-3-5-7-14/h3-7,10-11H,1-2H3. The van der Waals surface area contributed by atoms with E-state index in [0.717, 1.165) is 11.1 Å². The van der Waals surface area contributed by atoms with E-state index >= 15 is 0 Å². The third-order valence-electron chi connectivity index (χ3n) is 2.56. The maximum atomic E-state index is 3.56. The van der Waals surface area contributed by atoms with Crippen LogP contribution in [-0.4, -0.2) is 0 Å². The monoisotopic (exact) mass is 284 g/mol. The number of hydrogen-bond donors (Lipinski definition) is 0. The summed E-state index contributed by atoms with van der Waals surface area (Å²) in [6.45, 7) is 4.18. The Morgan fingerprint density at radius 2 is 1.35 bits per heavy atom. The second kappa shape index (κ2) is 5.21. The molecule has 0 bridgehead atoms. The smallest absolute Gasteiger partial charge is 0.0255 e. The van der Waals surface area contributed by atoms with Crippen molar-refractivity contribution in [3.8, 4) is 11.8 Å². The summed E-state index contributed by atoms with van der Waals surface area (Å²) in [5.74, 6) is 6.37. The number of benzene rings is 2. The van der Waals surface area contributed by atoms with Gasteiger partial charge < -0.3 is 0 Å². The van der Waals surface area contributed by atoms with Crippen LogP contribution in [0.25, 0.3) is 0 Å². The fourth-order valence-electron chi connectivity index (χ4n) is 1.68. The number of halogens is 1. The SMILES string of the molecule is Cc1cc(C#Cc2ccccc2)cc(C)c1Br. The van der Waals surface area contributed by atoms with Gasteiger partial charge in [0, 0.05) is 15.6 Å². The predicted octanol–water partition coefficient (Wildman–Crippen LogP) is 4.47. The van der Waals surface area contributed by atoms with Crippen LogP contribution in [0.4, 0.5) is 0 Å².